The normalized spacial score (nSPS) is 13.2. The van der Waals surface area contributed by atoms with Crippen LogP contribution in [0.25, 0.3) is 21.9 Å². The Morgan fingerprint density at radius 2 is 1.78 bits per heavy atom. The summed E-state index contributed by atoms with van der Waals surface area (Å²) >= 11 is 6.13. The summed E-state index contributed by atoms with van der Waals surface area (Å²) in [5.74, 6) is -1.36. The summed E-state index contributed by atoms with van der Waals surface area (Å²) in [6.45, 7) is 0. The van der Waals surface area contributed by atoms with Gasteiger partial charge in [-0.3, -0.25) is 0 Å². The van der Waals surface area contributed by atoms with Crippen molar-refractivity contribution in [2.24, 2.45) is 0 Å². The number of benzene rings is 1. The summed E-state index contributed by atoms with van der Waals surface area (Å²) in [5.41, 5.74) is 0.736. The highest BCUT2D eigenvalue weighted by Gasteiger charge is 2.26. The minimum absolute atomic E-state index is 0.149. The van der Waals surface area contributed by atoms with E-state index in [1.54, 1.807) is 12.1 Å². The van der Waals surface area contributed by atoms with E-state index >= 15 is 0 Å². The minimum atomic E-state index is -1.70. The molecule has 0 saturated carbocycles. The molecule has 1 atom stereocenters. The van der Waals surface area contributed by atoms with E-state index < -0.39 is 12.1 Å². The molecule has 0 fully saturated rings. The molecule has 0 bridgehead atoms. The second-order valence-electron chi connectivity index (χ2n) is 3.80. The number of aliphatic hydroxyl groups is 1. The maximum absolute atomic E-state index is 11.0. The highest BCUT2D eigenvalue weighted by molar-refractivity contribution is 6.40. The van der Waals surface area contributed by atoms with Gasteiger partial charge < -0.3 is 19.0 Å². The number of hydrogen-bond donors (Lipinski definition) is 2. The molecule has 0 saturated heterocycles. The number of fused-ring (bicyclic) bond motifs is 2. The predicted octanol–water partition coefficient (Wildman–Crippen LogP) is 2.95. The molecule has 0 aliphatic rings. The van der Waals surface area contributed by atoms with Gasteiger partial charge in [-0.1, -0.05) is 11.6 Å². The van der Waals surface area contributed by atoms with Gasteiger partial charge in [0.25, 0.3) is 0 Å². The highest BCUT2D eigenvalue weighted by Crippen LogP contribution is 2.40. The monoisotopic (exact) mass is 266 g/mol. The van der Waals surface area contributed by atoms with Crippen LogP contribution in [0.5, 0.6) is 0 Å². The Morgan fingerprint density at radius 3 is 2.44 bits per heavy atom. The molecule has 6 heteroatoms. The lowest BCUT2D eigenvalue weighted by Crippen LogP contribution is -2.11. The van der Waals surface area contributed by atoms with Crippen molar-refractivity contribution in [1.82, 2.24) is 0 Å². The van der Waals surface area contributed by atoms with Gasteiger partial charge in [0.1, 0.15) is 5.58 Å². The topological polar surface area (TPSA) is 83.8 Å². The molecular formula is C12H7ClO5. The van der Waals surface area contributed by atoms with E-state index in [1.165, 1.54) is 12.5 Å². The summed E-state index contributed by atoms with van der Waals surface area (Å²) in [4.78, 5) is 11.0. The van der Waals surface area contributed by atoms with Gasteiger partial charge in [0.05, 0.1) is 17.5 Å². The number of rotatable bonds is 2. The van der Waals surface area contributed by atoms with Gasteiger partial charge in [0.15, 0.2) is 11.7 Å². The Labute approximate surface area is 105 Å². The molecular weight excluding hydrogens is 260 g/mol. The number of aliphatic carboxylic acids is 1. The Bertz CT molecular complexity index is 703. The second-order valence-corrected chi connectivity index (χ2v) is 4.17. The van der Waals surface area contributed by atoms with Gasteiger partial charge in [-0.05, 0) is 12.1 Å². The Kier molecular flexibility index (Phi) is 2.33. The molecule has 1 aromatic carbocycles. The Balaban J connectivity index is 2.51. The van der Waals surface area contributed by atoms with Crippen molar-refractivity contribution in [3.05, 3.63) is 35.2 Å². The molecule has 5 nitrogen and oxygen atoms in total. The van der Waals surface area contributed by atoms with E-state index in [2.05, 4.69) is 0 Å². The van der Waals surface area contributed by atoms with E-state index in [9.17, 15) is 9.90 Å². The summed E-state index contributed by atoms with van der Waals surface area (Å²) in [5, 5.41) is 20.0. The molecule has 3 aromatic rings. The number of aliphatic hydroxyl groups excluding tert-OH is 1. The molecule has 18 heavy (non-hydrogen) atoms. The van der Waals surface area contributed by atoms with Crippen LogP contribution in [0.1, 0.15) is 11.7 Å². The first kappa shape index (κ1) is 11.1. The van der Waals surface area contributed by atoms with Gasteiger partial charge in [0.2, 0.25) is 0 Å². The number of furan rings is 2. The lowest BCUT2D eigenvalue weighted by atomic mass is 10.0. The molecule has 2 N–H and O–H groups in total. The molecule has 3 rings (SSSR count). The second kappa shape index (κ2) is 3.76. The van der Waals surface area contributed by atoms with Crippen LogP contribution >= 0.6 is 11.6 Å². The fraction of sp³-hybridized carbons (Fsp3) is 0.0833. The Hall–Kier alpha value is -1.98. The first-order chi connectivity index (χ1) is 8.61. The summed E-state index contributed by atoms with van der Waals surface area (Å²) in [6, 6.07) is 3.14. The summed E-state index contributed by atoms with van der Waals surface area (Å²) in [7, 11) is 0. The Morgan fingerprint density at radius 1 is 1.17 bits per heavy atom. The van der Waals surface area contributed by atoms with Crippen LogP contribution < -0.4 is 0 Å². The summed E-state index contributed by atoms with van der Waals surface area (Å²) in [6.07, 6.45) is 1.07. The van der Waals surface area contributed by atoms with Crippen LogP contribution in [0.4, 0.5) is 0 Å². The van der Waals surface area contributed by atoms with Crippen molar-refractivity contribution in [3.8, 4) is 0 Å². The van der Waals surface area contributed by atoms with Gasteiger partial charge >= 0.3 is 5.97 Å². The first-order valence-electron chi connectivity index (χ1n) is 5.08. The largest absolute Gasteiger partial charge is 0.479 e. The lowest BCUT2D eigenvalue weighted by molar-refractivity contribution is -0.146. The van der Waals surface area contributed by atoms with E-state index in [-0.39, 0.29) is 11.1 Å². The first-order valence-corrected chi connectivity index (χ1v) is 5.45. The third-order valence-electron chi connectivity index (χ3n) is 2.81. The van der Waals surface area contributed by atoms with Crippen LogP contribution in [0.2, 0.25) is 5.02 Å². The molecule has 0 radical (unpaired) electrons. The number of carbonyl (C=O) groups is 1. The molecule has 2 aromatic heterocycles. The SMILES string of the molecule is O=C(O)C(O)c1c2ccoc2c(Cl)c2ccoc12. The maximum Gasteiger partial charge on any atom is 0.337 e. The van der Waals surface area contributed by atoms with Gasteiger partial charge in [0, 0.05) is 16.3 Å². The van der Waals surface area contributed by atoms with Crippen LogP contribution in [0.3, 0.4) is 0 Å². The quantitative estimate of drug-likeness (QED) is 0.745. The van der Waals surface area contributed by atoms with E-state index in [0.717, 1.165) is 0 Å². The number of carboxylic acids is 1. The zero-order valence-electron chi connectivity index (χ0n) is 8.88. The highest BCUT2D eigenvalue weighted by atomic mass is 35.5. The van der Waals surface area contributed by atoms with Crippen molar-refractivity contribution < 1.29 is 23.8 Å². The van der Waals surface area contributed by atoms with Crippen LogP contribution in [0, 0.1) is 0 Å². The fourth-order valence-electron chi connectivity index (χ4n) is 2.02. The van der Waals surface area contributed by atoms with Crippen molar-refractivity contribution in [3.63, 3.8) is 0 Å². The van der Waals surface area contributed by atoms with Crippen LogP contribution in [-0.4, -0.2) is 16.2 Å². The summed E-state index contributed by atoms with van der Waals surface area (Å²) < 4.78 is 10.4. The van der Waals surface area contributed by atoms with Gasteiger partial charge in [-0.2, -0.15) is 0 Å². The number of hydrogen-bond acceptors (Lipinski definition) is 4. The molecule has 0 aliphatic heterocycles. The fourth-order valence-corrected chi connectivity index (χ4v) is 2.32. The van der Waals surface area contributed by atoms with Crippen molar-refractivity contribution >= 4 is 39.5 Å². The van der Waals surface area contributed by atoms with Crippen molar-refractivity contribution in [2.75, 3.05) is 0 Å². The van der Waals surface area contributed by atoms with Gasteiger partial charge in [-0.15, -0.1) is 0 Å². The van der Waals surface area contributed by atoms with E-state index in [1.807, 2.05) is 0 Å². The molecule has 0 amide bonds. The average Bonchev–Trinajstić information content (AvgIpc) is 2.96. The minimum Gasteiger partial charge on any atom is -0.479 e. The van der Waals surface area contributed by atoms with E-state index in [4.69, 9.17) is 25.5 Å². The van der Waals surface area contributed by atoms with Crippen LogP contribution in [0.15, 0.2) is 33.5 Å². The molecule has 2 heterocycles. The maximum atomic E-state index is 11.0. The number of carboxylic acid groups (broad SMARTS) is 1. The van der Waals surface area contributed by atoms with Crippen LogP contribution in [-0.2, 0) is 4.79 Å². The third-order valence-corrected chi connectivity index (χ3v) is 3.18. The zero-order valence-corrected chi connectivity index (χ0v) is 9.64. The third kappa shape index (κ3) is 1.35. The standard InChI is InChI=1S/C12H7ClO5/c13-8-6-2-4-17-10(6)7(9(14)12(15)16)5-1-3-18-11(5)8/h1-4,9,14H,(H,15,16). The smallest absolute Gasteiger partial charge is 0.337 e. The van der Waals surface area contributed by atoms with Crippen molar-refractivity contribution in [1.29, 1.82) is 0 Å². The number of halogens is 1. The zero-order chi connectivity index (χ0) is 12.9. The molecule has 0 spiro atoms. The average molecular weight is 267 g/mol. The molecule has 92 valence electrons. The molecule has 1 unspecified atom stereocenters. The predicted molar refractivity (Wildman–Crippen MR) is 63.6 cm³/mol. The van der Waals surface area contributed by atoms with E-state index in [0.29, 0.717) is 21.4 Å². The molecule has 0 aliphatic carbocycles. The lowest BCUT2D eigenvalue weighted by Gasteiger charge is -2.09. The van der Waals surface area contributed by atoms with Crippen molar-refractivity contribution in [2.45, 2.75) is 6.10 Å². The van der Waals surface area contributed by atoms with Gasteiger partial charge in [-0.25, -0.2) is 4.79 Å².